The van der Waals surface area contributed by atoms with Crippen molar-refractivity contribution in [2.24, 2.45) is 5.92 Å². The molecule has 1 heterocycles. The predicted octanol–water partition coefficient (Wildman–Crippen LogP) is 10.4. The van der Waals surface area contributed by atoms with Gasteiger partial charge in [0.15, 0.2) is 8.32 Å². The van der Waals surface area contributed by atoms with Crippen molar-refractivity contribution in [3.05, 3.63) is 167 Å². The molecule has 0 aromatic heterocycles. The van der Waals surface area contributed by atoms with Crippen molar-refractivity contribution in [2.75, 3.05) is 11.9 Å². The summed E-state index contributed by atoms with van der Waals surface area (Å²) in [5.41, 5.74) is 3.95. The summed E-state index contributed by atoms with van der Waals surface area (Å²) in [7, 11) is -2.13. The monoisotopic (exact) mass is 734 g/mol. The Morgan fingerprint density at radius 2 is 1.38 bits per heavy atom. The highest BCUT2D eigenvalue weighted by molar-refractivity contribution is 6.69. The maximum Gasteiger partial charge on any atom is 0.417 e. The minimum Gasteiger partial charge on any atom is -0.489 e. The lowest BCUT2D eigenvalue weighted by Crippen LogP contribution is -2.42. The standard InChI is InChI=1S/C43H44F2N2O5Si/c1-53(2,3)52-40(32-14-18-34(44)19-15-32)27-26-38(42(48)47-39(29-51-43(47)49)31-12-8-5-9-13-31)41(46-36-22-20-35(45)21-23-36)33-16-24-37(25-17-33)50-28-30-10-6-4-7-11-30/h4-25,38-41,46H,26-29H2,1-3H3. The number of cyclic esters (lactones) is 1. The molecule has 0 radical (unpaired) electrons. The number of nitrogens with zero attached hydrogens (tertiary/aromatic N) is 1. The molecule has 10 heteroatoms. The van der Waals surface area contributed by atoms with Gasteiger partial charge in [0.1, 0.15) is 36.6 Å². The van der Waals surface area contributed by atoms with Crippen molar-refractivity contribution >= 4 is 26.0 Å². The van der Waals surface area contributed by atoms with Crippen LogP contribution in [0.1, 0.15) is 53.3 Å². The largest absolute Gasteiger partial charge is 0.489 e. The highest BCUT2D eigenvalue weighted by atomic mass is 28.4. The van der Waals surface area contributed by atoms with E-state index >= 15 is 4.79 Å². The van der Waals surface area contributed by atoms with Crippen LogP contribution in [0, 0.1) is 17.6 Å². The van der Waals surface area contributed by atoms with Crippen molar-refractivity contribution < 1.29 is 32.3 Å². The molecule has 0 saturated carbocycles. The van der Waals surface area contributed by atoms with Gasteiger partial charge in [-0.25, -0.2) is 18.5 Å². The Morgan fingerprint density at radius 1 is 0.792 bits per heavy atom. The van der Waals surface area contributed by atoms with E-state index in [0.717, 1.165) is 22.3 Å². The average molecular weight is 735 g/mol. The van der Waals surface area contributed by atoms with Crippen molar-refractivity contribution in [3.8, 4) is 5.75 Å². The molecule has 5 aromatic carbocycles. The van der Waals surface area contributed by atoms with Crippen molar-refractivity contribution in [3.63, 3.8) is 0 Å². The van der Waals surface area contributed by atoms with E-state index in [-0.39, 0.29) is 18.8 Å². The smallest absolute Gasteiger partial charge is 0.417 e. The Bertz CT molecular complexity index is 1940. The lowest BCUT2D eigenvalue weighted by Gasteiger charge is -2.34. The van der Waals surface area contributed by atoms with Crippen LogP contribution >= 0.6 is 0 Å². The highest BCUT2D eigenvalue weighted by Crippen LogP contribution is 2.39. The maximum absolute atomic E-state index is 15.0. The summed E-state index contributed by atoms with van der Waals surface area (Å²) < 4.78 is 46.3. The second kappa shape index (κ2) is 17.0. The molecule has 7 nitrogen and oxygen atoms in total. The van der Waals surface area contributed by atoms with Crippen LogP contribution in [0.4, 0.5) is 19.3 Å². The molecule has 2 amide bonds. The second-order valence-corrected chi connectivity index (χ2v) is 18.6. The summed E-state index contributed by atoms with van der Waals surface area (Å²) >= 11 is 0. The first-order chi connectivity index (χ1) is 25.5. The van der Waals surface area contributed by atoms with E-state index in [4.69, 9.17) is 13.9 Å². The van der Waals surface area contributed by atoms with Crippen LogP contribution in [0.5, 0.6) is 5.75 Å². The lowest BCUT2D eigenvalue weighted by molar-refractivity contribution is -0.134. The van der Waals surface area contributed by atoms with Gasteiger partial charge in [-0.05, 0) is 103 Å². The molecule has 4 unspecified atom stereocenters. The third kappa shape index (κ3) is 9.97. The number of hydrogen-bond donors (Lipinski definition) is 1. The van der Waals surface area contributed by atoms with Gasteiger partial charge in [-0.3, -0.25) is 4.79 Å². The minimum absolute atomic E-state index is 0.0295. The molecule has 0 aliphatic carbocycles. The highest BCUT2D eigenvalue weighted by Gasteiger charge is 2.44. The fraction of sp³-hybridized carbons (Fsp3) is 0.256. The van der Waals surface area contributed by atoms with Gasteiger partial charge in [-0.15, -0.1) is 0 Å². The second-order valence-electron chi connectivity index (χ2n) is 14.1. The van der Waals surface area contributed by atoms with Gasteiger partial charge in [0, 0.05) is 5.69 Å². The normalized spacial score (nSPS) is 16.1. The van der Waals surface area contributed by atoms with Gasteiger partial charge in [0.25, 0.3) is 0 Å². The summed E-state index contributed by atoms with van der Waals surface area (Å²) in [5.74, 6) is -1.35. The number of rotatable bonds is 15. The van der Waals surface area contributed by atoms with E-state index in [1.807, 2.05) is 84.9 Å². The number of carbonyl (C=O) groups is 2. The van der Waals surface area contributed by atoms with Gasteiger partial charge >= 0.3 is 6.09 Å². The topological polar surface area (TPSA) is 77.1 Å². The number of imide groups is 1. The molecule has 0 spiro atoms. The Morgan fingerprint density at radius 3 is 2.00 bits per heavy atom. The first-order valence-corrected chi connectivity index (χ1v) is 21.2. The molecule has 4 atom stereocenters. The molecule has 274 valence electrons. The maximum atomic E-state index is 15.0. The molecule has 1 saturated heterocycles. The van der Waals surface area contributed by atoms with Gasteiger partial charge in [0.05, 0.1) is 18.1 Å². The van der Waals surface area contributed by atoms with Crippen molar-refractivity contribution in [2.45, 2.75) is 57.3 Å². The zero-order chi connectivity index (χ0) is 37.4. The third-order valence-corrected chi connectivity index (χ3v) is 10.1. The van der Waals surface area contributed by atoms with Crippen molar-refractivity contribution in [1.82, 2.24) is 4.90 Å². The van der Waals surface area contributed by atoms with E-state index in [2.05, 4.69) is 25.0 Å². The quantitative estimate of drug-likeness (QED) is 0.108. The number of ether oxygens (including phenoxy) is 2. The summed E-state index contributed by atoms with van der Waals surface area (Å²) in [6.07, 6.45) is -0.479. The number of benzene rings is 5. The van der Waals surface area contributed by atoms with E-state index in [9.17, 15) is 13.6 Å². The summed E-state index contributed by atoms with van der Waals surface area (Å²) in [6.45, 7) is 6.66. The molecule has 5 aromatic rings. The Kier molecular flexibility index (Phi) is 12.0. The van der Waals surface area contributed by atoms with Gasteiger partial charge < -0.3 is 19.2 Å². The fourth-order valence-corrected chi connectivity index (χ4v) is 7.69. The molecule has 1 aliphatic heterocycles. The van der Waals surface area contributed by atoms with Crippen LogP contribution in [0.2, 0.25) is 19.6 Å². The first-order valence-electron chi connectivity index (χ1n) is 17.8. The van der Waals surface area contributed by atoms with Gasteiger partial charge in [-0.2, -0.15) is 0 Å². The molecule has 1 N–H and O–H groups in total. The number of nitrogens with one attached hydrogen (secondary N) is 1. The minimum atomic E-state index is -2.13. The lowest BCUT2D eigenvalue weighted by atomic mass is 9.85. The van der Waals surface area contributed by atoms with Gasteiger partial charge in [0.2, 0.25) is 5.91 Å². The van der Waals surface area contributed by atoms with Crippen LogP contribution in [0.15, 0.2) is 133 Å². The Hall–Kier alpha value is -5.32. The van der Waals surface area contributed by atoms with Gasteiger partial charge in [-0.1, -0.05) is 84.9 Å². The van der Waals surface area contributed by atoms with Crippen LogP contribution in [-0.2, 0) is 20.6 Å². The third-order valence-electron chi connectivity index (χ3n) is 9.15. The Balaban J connectivity index is 1.38. The van der Waals surface area contributed by atoms with Crippen LogP contribution in [0.3, 0.4) is 0 Å². The number of anilines is 1. The van der Waals surface area contributed by atoms with Crippen molar-refractivity contribution in [1.29, 1.82) is 0 Å². The zero-order valence-corrected chi connectivity index (χ0v) is 31.1. The molecular formula is C43H44F2N2O5Si. The summed E-state index contributed by atoms with van der Waals surface area (Å²) in [6, 6.07) is 37.6. The Labute approximate surface area is 310 Å². The van der Waals surface area contributed by atoms with E-state index < -0.39 is 50.2 Å². The first kappa shape index (κ1) is 37.4. The number of halogens is 2. The molecule has 1 fully saturated rings. The van der Waals surface area contributed by atoms with E-state index in [1.54, 1.807) is 24.3 Å². The average Bonchev–Trinajstić information content (AvgIpc) is 3.55. The number of carbonyl (C=O) groups excluding carboxylic acids is 2. The molecule has 6 rings (SSSR count). The number of amides is 2. The zero-order valence-electron chi connectivity index (χ0n) is 30.1. The van der Waals surface area contributed by atoms with E-state index in [1.165, 1.54) is 29.2 Å². The van der Waals surface area contributed by atoms with E-state index in [0.29, 0.717) is 24.5 Å². The SMILES string of the molecule is C[Si](C)(C)OC(CCC(C(=O)N1C(=O)OCC1c1ccccc1)C(Nc1ccc(F)cc1)c1ccc(OCc2ccccc2)cc1)c1ccc(F)cc1. The molecule has 53 heavy (non-hydrogen) atoms. The summed E-state index contributed by atoms with van der Waals surface area (Å²) in [5, 5.41) is 3.50. The van der Waals surface area contributed by atoms with Crippen LogP contribution < -0.4 is 10.1 Å². The summed E-state index contributed by atoms with van der Waals surface area (Å²) in [4.78, 5) is 29.7. The fourth-order valence-electron chi connectivity index (χ4n) is 6.58. The van der Waals surface area contributed by atoms with Crippen LogP contribution in [0.25, 0.3) is 0 Å². The predicted molar refractivity (Wildman–Crippen MR) is 204 cm³/mol. The number of hydrogen-bond acceptors (Lipinski definition) is 6. The van der Waals surface area contributed by atoms with Crippen LogP contribution in [-0.4, -0.2) is 31.8 Å². The molecule has 0 bridgehead atoms. The molecule has 1 aliphatic rings. The molecular weight excluding hydrogens is 691 g/mol.